The van der Waals surface area contributed by atoms with Crippen LogP contribution in [-0.4, -0.2) is 39.0 Å². The molecule has 1 heterocycles. The summed E-state index contributed by atoms with van der Waals surface area (Å²) < 4.78 is 33.1. The van der Waals surface area contributed by atoms with Crippen LogP contribution in [0.4, 0.5) is 0 Å². The van der Waals surface area contributed by atoms with Crippen LogP contribution in [0.5, 0.6) is 5.75 Å². The SMILES string of the molecule is COc1ccc(Br)cc1S(=O)(=O)N1CC(CN)CC1C. The van der Waals surface area contributed by atoms with E-state index in [0.29, 0.717) is 23.3 Å². The number of rotatable bonds is 4. The first-order valence-electron chi connectivity index (χ1n) is 6.45. The minimum atomic E-state index is -3.57. The quantitative estimate of drug-likeness (QED) is 0.886. The van der Waals surface area contributed by atoms with Crippen LogP contribution in [0.3, 0.4) is 0 Å². The van der Waals surface area contributed by atoms with E-state index in [9.17, 15) is 8.42 Å². The minimum absolute atomic E-state index is 0.0442. The van der Waals surface area contributed by atoms with E-state index in [1.54, 1.807) is 18.2 Å². The molecule has 2 N–H and O–H groups in total. The van der Waals surface area contributed by atoms with Gasteiger partial charge in [0.05, 0.1) is 7.11 Å². The number of benzene rings is 1. The van der Waals surface area contributed by atoms with E-state index in [1.165, 1.54) is 11.4 Å². The topological polar surface area (TPSA) is 72.6 Å². The Labute approximate surface area is 128 Å². The highest BCUT2D eigenvalue weighted by atomic mass is 79.9. The Hall–Kier alpha value is -0.630. The molecule has 2 unspecified atom stereocenters. The lowest BCUT2D eigenvalue weighted by atomic mass is 10.1. The molecule has 20 heavy (non-hydrogen) atoms. The molecule has 0 amide bonds. The summed E-state index contributed by atoms with van der Waals surface area (Å²) in [6, 6.07) is 4.94. The third-order valence-corrected chi connectivity index (χ3v) is 6.14. The van der Waals surface area contributed by atoms with E-state index >= 15 is 0 Å². The van der Waals surface area contributed by atoms with E-state index in [1.807, 2.05) is 6.92 Å². The summed E-state index contributed by atoms with van der Waals surface area (Å²) >= 11 is 3.31. The van der Waals surface area contributed by atoms with Crippen molar-refractivity contribution in [2.24, 2.45) is 11.7 Å². The number of sulfonamides is 1. The van der Waals surface area contributed by atoms with E-state index in [4.69, 9.17) is 10.5 Å². The fraction of sp³-hybridized carbons (Fsp3) is 0.538. The lowest BCUT2D eigenvalue weighted by molar-refractivity contribution is 0.385. The minimum Gasteiger partial charge on any atom is -0.495 e. The Balaban J connectivity index is 2.43. The molecule has 0 aliphatic carbocycles. The average Bonchev–Trinajstić information content (AvgIpc) is 2.80. The van der Waals surface area contributed by atoms with Crippen LogP contribution in [0.2, 0.25) is 0 Å². The third kappa shape index (κ3) is 2.86. The highest BCUT2D eigenvalue weighted by Gasteiger charge is 2.38. The fourth-order valence-electron chi connectivity index (χ4n) is 2.59. The Kier molecular flexibility index (Phi) is 4.73. The molecule has 1 aromatic rings. The second-order valence-corrected chi connectivity index (χ2v) is 7.83. The lowest BCUT2D eigenvalue weighted by Gasteiger charge is -2.22. The predicted octanol–water partition coefficient (Wildman–Crippen LogP) is 1.82. The summed E-state index contributed by atoms with van der Waals surface area (Å²) in [7, 11) is -2.10. The van der Waals surface area contributed by atoms with Crippen molar-refractivity contribution in [2.75, 3.05) is 20.2 Å². The fourth-order valence-corrected chi connectivity index (χ4v) is 5.01. The smallest absolute Gasteiger partial charge is 0.247 e. The van der Waals surface area contributed by atoms with Gasteiger partial charge in [-0.15, -0.1) is 0 Å². The molecular formula is C13H19BrN2O3S. The van der Waals surface area contributed by atoms with Gasteiger partial charge >= 0.3 is 0 Å². The first kappa shape index (κ1) is 15.8. The summed E-state index contributed by atoms with van der Waals surface area (Å²) in [4.78, 5) is 0.193. The van der Waals surface area contributed by atoms with Crippen molar-refractivity contribution < 1.29 is 13.2 Å². The number of nitrogens with two attached hydrogens (primary N) is 1. The summed E-state index contributed by atoms with van der Waals surface area (Å²) in [5.41, 5.74) is 5.67. The van der Waals surface area contributed by atoms with Gasteiger partial charge in [0.25, 0.3) is 0 Å². The number of halogens is 1. The highest BCUT2D eigenvalue weighted by Crippen LogP contribution is 2.34. The van der Waals surface area contributed by atoms with Gasteiger partial charge in [-0.25, -0.2) is 8.42 Å². The molecule has 1 saturated heterocycles. The molecule has 0 bridgehead atoms. The molecule has 2 rings (SSSR count). The number of ether oxygens (including phenoxy) is 1. The van der Waals surface area contributed by atoms with Crippen LogP contribution in [0.25, 0.3) is 0 Å². The van der Waals surface area contributed by atoms with Crippen molar-refractivity contribution in [3.63, 3.8) is 0 Å². The zero-order chi connectivity index (χ0) is 14.9. The van der Waals surface area contributed by atoms with Crippen molar-refractivity contribution in [1.29, 1.82) is 0 Å². The van der Waals surface area contributed by atoms with Crippen molar-refractivity contribution >= 4 is 26.0 Å². The van der Waals surface area contributed by atoms with Gasteiger partial charge in [-0.3, -0.25) is 0 Å². The molecule has 112 valence electrons. The maximum absolute atomic E-state index is 12.8. The average molecular weight is 363 g/mol. The molecule has 5 nitrogen and oxygen atoms in total. The molecule has 2 atom stereocenters. The molecule has 1 fully saturated rings. The van der Waals surface area contributed by atoms with E-state index < -0.39 is 10.0 Å². The molecule has 1 aliphatic heterocycles. The third-order valence-electron chi connectivity index (χ3n) is 3.65. The largest absolute Gasteiger partial charge is 0.495 e. The second-order valence-electron chi connectivity index (χ2n) is 5.06. The Morgan fingerprint density at radius 1 is 1.50 bits per heavy atom. The molecule has 1 aliphatic rings. The summed E-state index contributed by atoms with van der Waals surface area (Å²) in [5, 5.41) is 0. The number of hydrogen-bond acceptors (Lipinski definition) is 4. The van der Waals surface area contributed by atoms with Gasteiger partial charge in [-0.05, 0) is 44.0 Å². The Morgan fingerprint density at radius 2 is 2.20 bits per heavy atom. The Morgan fingerprint density at radius 3 is 2.75 bits per heavy atom. The molecule has 1 aromatic carbocycles. The predicted molar refractivity (Wildman–Crippen MR) is 81.2 cm³/mol. The van der Waals surface area contributed by atoms with Crippen molar-refractivity contribution in [3.05, 3.63) is 22.7 Å². The summed E-state index contributed by atoms with van der Waals surface area (Å²) in [5.74, 6) is 0.578. The van der Waals surface area contributed by atoms with E-state index in [-0.39, 0.29) is 16.9 Å². The van der Waals surface area contributed by atoms with Crippen LogP contribution in [0.1, 0.15) is 13.3 Å². The van der Waals surface area contributed by atoms with Gasteiger partial charge < -0.3 is 10.5 Å². The number of hydrogen-bond donors (Lipinski definition) is 1. The van der Waals surface area contributed by atoms with Gasteiger partial charge in [0, 0.05) is 17.1 Å². The summed E-state index contributed by atoms with van der Waals surface area (Å²) in [6.07, 6.45) is 0.798. The van der Waals surface area contributed by atoms with Crippen LogP contribution in [0.15, 0.2) is 27.6 Å². The number of nitrogens with zero attached hydrogens (tertiary/aromatic N) is 1. The first-order valence-corrected chi connectivity index (χ1v) is 8.69. The lowest BCUT2D eigenvalue weighted by Crippen LogP contribution is -2.34. The molecule has 0 aromatic heterocycles. The molecule has 0 spiro atoms. The first-order chi connectivity index (χ1) is 9.40. The second kappa shape index (κ2) is 6.01. The van der Waals surface area contributed by atoms with Crippen LogP contribution in [-0.2, 0) is 10.0 Å². The normalized spacial score (nSPS) is 24.0. The van der Waals surface area contributed by atoms with Crippen molar-refractivity contribution in [2.45, 2.75) is 24.3 Å². The Bertz CT molecular complexity index is 591. The van der Waals surface area contributed by atoms with E-state index in [0.717, 1.165) is 6.42 Å². The standard InChI is InChI=1S/C13H19BrN2O3S/c1-9-5-10(7-15)8-16(9)20(17,18)13-6-11(14)3-4-12(13)19-2/h3-4,6,9-10H,5,7-8,15H2,1-2H3. The zero-order valence-corrected chi connectivity index (χ0v) is 13.9. The molecule has 0 saturated carbocycles. The maximum Gasteiger partial charge on any atom is 0.247 e. The summed E-state index contributed by atoms with van der Waals surface area (Å²) in [6.45, 7) is 2.89. The zero-order valence-electron chi connectivity index (χ0n) is 11.5. The van der Waals surface area contributed by atoms with Crippen LogP contribution in [0, 0.1) is 5.92 Å². The van der Waals surface area contributed by atoms with Gasteiger partial charge in [0.1, 0.15) is 10.6 Å². The van der Waals surface area contributed by atoms with Gasteiger partial charge in [0.15, 0.2) is 0 Å². The van der Waals surface area contributed by atoms with Gasteiger partial charge in [0.2, 0.25) is 10.0 Å². The number of methoxy groups -OCH3 is 1. The highest BCUT2D eigenvalue weighted by molar-refractivity contribution is 9.10. The van der Waals surface area contributed by atoms with Gasteiger partial charge in [-0.2, -0.15) is 4.31 Å². The van der Waals surface area contributed by atoms with Gasteiger partial charge in [-0.1, -0.05) is 15.9 Å². The monoisotopic (exact) mass is 362 g/mol. The molecule has 7 heteroatoms. The van der Waals surface area contributed by atoms with E-state index in [2.05, 4.69) is 15.9 Å². The maximum atomic E-state index is 12.8. The molecule has 0 radical (unpaired) electrons. The molecular weight excluding hydrogens is 344 g/mol. The van der Waals surface area contributed by atoms with Crippen LogP contribution >= 0.6 is 15.9 Å². The van der Waals surface area contributed by atoms with Crippen molar-refractivity contribution in [3.8, 4) is 5.75 Å². The van der Waals surface area contributed by atoms with Crippen molar-refractivity contribution in [1.82, 2.24) is 4.31 Å². The van der Waals surface area contributed by atoms with Crippen LogP contribution < -0.4 is 10.5 Å².